The summed E-state index contributed by atoms with van der Waals surface area (Å²) in [5, 5.41) is 6.95. The van der Waals surface area contributed by atoms with Gasteiger partial charge in [0.15, 0.2) is 0 Å². The smallest absolute Gasteiger partial charge is 0.250 e. The van der Waals surface area contributed by atoms with E-state index in [2.05, 4.69) is 30.8 Å². The predicted molar refractivity (Wildman–Crippen MR) is 109 cm³/mol. The minimum absolute atomic E-state index is 0. The minimum atomic E-state index is -0.383. The summed E-state index contributed by atoms with van der Waals surface area (Å²) in [4.78, 5) is 14.4. The van der Waals surface area contributed by atoms with Gasteiger partial charge in [-0.1, -0.05) is 18.2 Å². The van der Waals surface area contributed by atoms with Gasteiger partial charge in [-0.05, 0) is 30.3 Å². The third-order valence-corrected chi connectivity index (χ3v) is 3.40. The van der Waals surface area contributed by atoms with Crippen molar-refractivity contribution in [2.24, 2.45) is 5.10 Å². The van der Waals surface area contributed by atoms with Crippen LogP contribution < -0.4 is 15.6 Å². The van der Waals surface area contributed by atoms with Gasteiger partial charge >= 0.3 is 0 Å². The van der Waals surface area contributed by atoms with E-state index in [0.717, 1.165) is 0 Å². The topological polar surface area (TPSA) is 78.3 Å². The van der Waals surface area contributed by atoms with Crippen molar-refractivity contribution in [2.45, 2.75) is 0 Å². The van der Waals surface area contributed by atoms with Crippen LogP contribution in [0.5, 0.6) is 0 Å². The molecule has 0 spiro atoms. The lowest BCUT2D eigenvalue weighted by molar-refractivity contribution is 0.626. The number of benzene rings is 2. The van der Waals surface area contributed by atoms with Crippen LogP contribution in [0.4, 0.5) is 32.3 Å². The zero-order valence-electron chi connectivity index (χ0n) is 15.1. The lowest BCUT2D eigenvalue weighted by Crippen LogP contribution is -2.15. The lowest BCUT2D eigenvalue weighted by Gasteiger charge is -2.13. The fourth-order valence-electron chi connectivity index (χ4n) is 2.07. The van der Waals surface area contributed by atoms with Crippen molar-refractivity contribution >= 4 is 42.2 Å². The largest absolute Gasteiger partial charge is 0.347 e. The maximum atomic E-state index is 13.6. The summed E-state index contributed by atoms with van der Waals surface area (Å²) < 4.78 is 26.7. The van der Waals surface area contributed by atoms with E-state index in [1.807, 2.05) is 0 Å². The highest BCUT2D eigenvalue weighted by molar-refractivity contribution is 5.85. The highest BCUT2D eigenvalue weighted by atomic mass is 35.5. The summed E-state index contributed by atoms with van der Waals surface area (Å²) in [5.74, 6) is 0.0920. The highest BCUT2D eigenvalue weighted by Crippen LogP contribution is 2.17. The van der Waals surface area contributed by atoms with Crippen molar-refractivity contribution in [3.05, 3.63) is 65.7 Å². The number of halogens is 3. The monoisotopic (exact) mass is 405 g/mol. The zero-order chi connectivity index (χ0) is 19.2. The molecular weight excluding hydrogens is 388 g/mol. The van der Waals surface area contributed by atoms with Gasteiger partial charge in [0.05, 0.1) is 6.21 Å². The number of nitrogens with one attached hydrogen (secondary N) is 2. The minimum Gasteiger partial charge on any atom is -0.347 e. The molecule has 0 aliphatic heterocycles. The van der Waals surface area contributed by atoms with E-state index < -0.39 is 0 Å². The van der Waals surface area contributed by atoms with Crippen LogP contribution in [0.25, 0.3) is 0 Å². The van der Waals surface area contributed by atoms with Gasteiger partial charge in [-0.15, -0.1) is 12.4 Å². The number of hydrogen-bond acceptors (Lipinski definition) is 7. The van der Waals surface area contributed by atoms with Crippen molar-refractivity contribution in [3.63, 3.8) is 0 Å². The molecule has 0 fully saturated rings. The van der Waals surface area contributed by atoms with Gasteiger partial charge in [0.1, 0.15) is 11.6 Å². The first-order valence-electron chi connectivity index (χ1n) is 8.01. The first-order chi connectivity index (χ1) is 13.0. The number of aromatic nitrogens is 3. The van der Waals surface area contributed by atoms with E-state index in [9.17, 15) is 8.78 Å². The SMILES string of the molecule is CN(C)c1nc(N/N=C/c2ccccc2F)nc(Nc2ccc(F)cc2)n1.Cl. The highest BCUT2D eigenvalue weighted by Gasteiger charge is 2.08. The molecule has 0 saturated heterocycles. The van der Waals surface area contributed by atoms with Crippen molar-refractivity contribution in [2.75, 3.05) is 29.7 Å². The van der Waals surface area contributed by atoms with Crippen LogP contribution in [0.1, 0.15) is 5.56 Å². The van der Waals surface area contributed by atoms with Crippen LogP contribution in [0.2, 0.25) is 0 Å². The maximum Gasteiger partial charge on any atom is 0.250 e. The Bertz CT molecular complexity index is 949. The molecule has 1 aromatic heterocycles. The van der Waals surface area contributed by atoms with E-state index in [1.165, 1.54) is 24.4 Å². The second-order valence-corrected chi connectivity index (χ2v) is 5.70. The summed E-state index contributed by atoms with van der Waals surface area (Å²) in [6.45, 7) is 0. The van der Waals surface area contributed by atoms with Crippen molar-refractivity contribution in [1.29, 1.82) is 0 Å². The second kappa shape index (κ2) is 9.56. The third kappa shape index (κ3) is 5.58. The Morgan fingerprint density at radius 2 is 1.61 bits per heavy atom. The number of hydrogen-bond donors (Lipinski definition) is 2. The Morgan fingerprint density at radius 3 is 2.29 bits per heavy atom. The van der Waals surface area contributed by atoms with Gasteiger partial charge in [-0.25, -0.2) is 14.2 Å². The van der Waals surface area contributed by atoms with Crippen molar-refractivity contribution in [3.8, 4) is 0 Å². The van der Waals surface area contributed by atoms with Gasteiger partial charge in [-0.3, -0.25) is 0 Å². The van der Waals surface area contributed by atoms with Gasteiger partial charge in [0, 0.05) is 25.3 Å². The van der Waals surface area contributed by atoms with Gasteiger partial charge < -0.3 is 10.2 Å². The molecule has 7 nitrogen and oxygen atoms in total. The molecule has 2 aromatic carbocycles. The molecule has 0 aliphatic rings. The molecule has 2 N–H and O–H groups in total. The number of rotatable bonds is 6. The van der Waals surface area contributed by atoms with Crippen LogP contribution >= 0.6 is 12.4 Å². The van der Waals surface area contributed by atoms with E-state index in [0.29, 0.717) is 17.2 Å². The van der Waals surface area contributed by atoms with Crippen LogP contribution in [0.15, 0.2) is 53.6 Å². The molecule has 146 valence electrons. The summed E-state index contributed by atoms with van der Waals surface area (Å²) in [7, 11) is 3.56. The molecule has 0 aliphatic carbocycles. The zero-order valence-corrected chi connectivity index (χ0v) is 15.9. The van der Waals surface area contributed by atoms with Crippen molar-refractivity contribution < 1.29 is 8.78 Å². The van der Waals surface area contributed by atoms with Crippen LogP contribution in [0, 0.1) is 11.6 Å². The van der Waals surface area contributed by atoms with Crippen LogP contribution in [-0.4, -0.2) is 35.3 Å². The quantitative estimate of drug-likeness (QED) is 0.479. The van der Waals surface area contributed by atoms with E-state index in [1.54, 1.807) is 49.3 Å². The number of hydrazone groups is 1. The summed E-state index contributed by atoms with van der Waals surface area (Å²) in [5.41, 5.74) is 3.61. The standard InChI is InChI=1S/C18H17F2N7.ClH/c1-27(2)18-24-16(22-14-9-7-13(19)8-10-14)23-17(25-18)26-21-11-12-5-3-4-6-15(12)20;/h3-11H,1-2H3,(H2,22,23,24,25,26);1H/b21-11+;. The fourth-order valence-corrected chi connectivity index (χ4v) is 2.07. The van der Waals surface area contributed by atoms with E-state index >= 15 is 0 Å². The van der Waals surface area contributed by atoms with Crippen LogP contribution in [-0.2, 0) is 0 Å². The number of anilines is 4. The maximum absolute atomic E-state index is 13.6. The molecule has 28 heavy (non-hydrogen) atoms. The molecule has 1 heterocycles. The Balaban J connectivity index is 0.00000280. The molecule has 3 aromatic rings. The van der Waals surface area contributed by atoms with E-state index in [4.69, 9.17) is 0 Å². The molecular formula is C18H18ClF2N7. The Kier molecular flexibility index (Phi) is 7.16. The first-order valence-corrected chi connectivity index (χ1v) is 8.01. The molecule has 10 heteroatoms. The average molecular weight is 406 g/mol. The normalized spacial score (nSPS) is 10.4. The Morgan fingerprint density at radius 1 is 0.929 bits per heavy atom. The van der Waals surface area contributed by atoms with Gasteiger partial charge in [0.25, 0.3) is 0 Å². The predicted octanol–water partition coefficient (Wildman–Crippen LogP) is 3.83. The Labute approximate surface area is 167 Å². The van der Waals surface area contributed by atoms with Crippen LogP contribution in [0.3, 0.4) is 0 Å². The molecule has 3 rings (SSSR count). The average Bonchev–Trinajstić information content (AvgIpc) is 2.65. The summed E-state index contributed by atoms with van der Waals surface area (Å²) in [6.07, 6.45) is 1.33. The first kappa shape index (κ1) is 21.0. The molecule has 0 saturated carbocycles. The Hall–Kier alpha value is -3.33. The van der Waals surface area contributed by atoms with Gasteiger partial charge in [0.2, 0.25) is 17.8 Å². The second-order valence-electron chi connectivity index (χ2n) is 5.70. The molecule has 0 unspecified atom stereocenters. The number of nitrogens with zero attached hydrogens (tertiary/aromatic N) is 5. The molecule has 0 radical (unpaired) electrons. The van der Waals surface area contributed by atoms with E-state index in [-0.39, 0.29) is 35.9 Å². The summed E-state index contributed by atoms with van der Waals surface area (Å²) >= 11 is 0. The molecule has 0 atom stereocenters. The van der Waals surface area contributed by atoms with Gasteiger partial charge in [-0.2, -0.15) is 20.1 Å². The lowest BCUT2D eigenvalue weighted by atomic mass is 10.2. The third-order valence-electron chi connectivity index (χ3n) is 3.40. The molecule has 0 bridgehead atoms. The fraction of sp³-hybridized carbons (Fsp3) is 0.111. The van der Waals surface area contributed by atoms with Crippen molar-refractivity contribution in [1.82, 2.24) is 15.0 Å². The summed E-state index contributed by atoms with van der Waals surface area (Å²) in [6, 6.07) is 12.0. The molecule has 0 amide bonds.